The van der Waals surface area contributed by atoms with Crippen LogP contribution in [0.1, 0.15) is 18.1 Å². The predicted molar refractivity (Wildman–Crippen MR) is 65.0 cm³/mol. The molecule has 0 saturated carbocycles. The highest BCUT2D eigenvalue weighted by atomic mass is 19.4. The Bertz CT molecular complexity index is 500. The molecule has 0 aliphatic carbocycles. The Morgan fingerprint density at radius 1 is 1.25 bits per heavy atom. The van der Waals surface area contributed by atoms with E-state index in [0.717, 1.165) is 11.0 Å². The monoisotopic (exact) mass is 289 g/mol. The highest BCUT2D eigenvalue weighted by molar-refractivity contribution is 5.83. The van der Waals surface area contributed by atoms with Crippen LogP contribution in [0.4, 0.5) is 13.2 Å². The van der Waals surface area contributed by atoms with Gasteiger partial charge < -0.3 is 10.0 Å². The maximum Gasteiger partial charge on any atom is 0.416 e. The number of carbonyl (C=O) groups is 2. The van der Waals surface area contributed by atoms with Crippen LogP contribution >= 0.6 is 0 Å². The standard InChI is InChI=1S/C13H14F3NO3/c1-2-17(8-12(19)20)11(18)7-9-5-3-4-6-10(9)13(14,15)16/h3-6H,2,7-8H2,1H3,(H,19,20). The van der Waals surface area contributed by atoms with E-state index >= 15 is 0 Å². The van der Waals surface area contributed by atoms with Gasteiger partial charge in [0, 0.05) is 6.54 Å². The van der Waals surface area contributed by atoms with Crippen molar-refractivity contribution in [2.45, 2.75) is 19.5 Å². The number of aliphatic carboxylic acids is 1. The second kappa shape index (κ2) is 6.40. The number of likely N-dealkylation sites (N-methyl/N-ethyl adjacent to an activating group) is 1. The lowest BCUT2D eigenvalue weighted by atomic mass is 10.0. The number of alkyl halides is 3. The first-order chi connectivity index (χ1) is 9.25. The summed E-state index contributed by atoms with van der Waals surface area (Å²) < 4.78 is 38.3. The van der Waals surface area contributed by atoms with E-state index < -0.39 is 36.6 Å². The van der Waals surface area contributed by atoms with Crippen LogP contribution in [0.25, 0.3) is 0 Å². The molecule has 0 spiro atoms. The molecule has 0 saturated heterocycles. The average molecular weight is 289 g/mol. The van der Waals surface area contributed by atoms with E-state index in [2.05, 4.69) is 0 Å². The first kappa shape index (κ1) is 16.0. The van der Waals surface area contributed by atoms with Gasteiger partial charge in [-0.3, -0.25) is 9.59 Å². The predicted octanol–water partition coefficient (Wildman–Crippen LogP) is 2.18. The zero-order chi connectivity index (χ0) is 15.3. The number of amides is 1. The molecule has 0 aromatic heterocycles. The molecular formula is C13H14F3NO3. The smallest absolute Gasteiger partial charge is 0.416 e. The summed E-state index contributed by atoms with van der Waals surface area (Å²) in [7, 11) is 0. The van der Waals surface area contributed by atoms with Crippen molar-refractivity contribution < 1.29 is 27.9 Å². The van der Waals surface area contributed by atoms with Crippen LogP contribution in [0.15, 0.2) is 24.3 Å². The first-order valence-corrected chi connectivity index (χ1v) is 5.90. The second-order valence-electron chi connectivity index (χ2n) is 4.13. The first-order valence-electron chi connectivity index (χ1n) is 5.90. The normalized spacial score (nSPS) is 11.2. The summed E-state index contributed by atoms with van der Waals surface area (Å²) in [5.74, 6) is -1.85. The average Bonchev–Trinajstić information content (AvgIpc) is 2.34. The molecule has 1 amide bonds. The van der Waals surface area contributed by atoms with E-state index in [0.29, 0.717) is 0 Å². The van der Waals surface area contributed by atoms with Gasteiger partial charge in [-0.25, -0.2) is 0 Å². The second-order valence-corrected chi connectivity index (χ2v) is 4.13. The zero-order valence-corrected chi connectivity index (χ0v) is 10.8. The van der Waals surface area contributed by atoms with Gasteiger partial charge in [-0.1, -0.05) is 18.2 Å². The van der Waals surface area contributed by atoms with Crippen LogP contribution in [0, 0.1) is 0 Å². The molecule has 1 rings (SSSR count). The van der Waals surface area contributed by atoms with E-state index in [1.807, 2.05) is 0 Å². The number of carbonyl (C=O) groups excluding carboxylic acids is 1. The van der Waals surface area contributed by atoms with Crippen LogP contribution in [-0.4, -0.2) is 35.0 Å². The fourth-order valence-electron chi connectivity index (χ4n) is 1.77. The topological polar surface area (TPSA) is 57.6 Å². The lowest BCUT2D eigenvalue weighted by Crippen LogP contribution is -2.36. The molecular weight excluding hydrogens is 275 g/mol. The van der Waals surface area contributed by atoms with E-state index in [1.165, 1.54) is 18.2 Å². The molecule has 1 aromatic rings. The number of rotatable bonds is 5. The van der Waals surface area contributed by atoms with E-state index in [1.54, 1.807) is 6.92 Å². The number of carboxylic acids is 1. The molecule has 0 bridgehead atoms. The highest BCUT2D eigenvalue weighted by Gasteiger charge is 2.33. The fraction of sp³-hybridized carbons (Fsp3) is 0.385. The maximum absolute atomic E-state index is 12.8. The number of hydrogen-bond donors (Lipinski definition) is 1. The quantitative estimate of drug-likeness (QED) is 0.904. The van der Waals surface area contributed by atoms with E-state index in [4.69, 9.17) is 5.11 Å². The lowest BCUT2D eigenvalue weighted by molar-refractivity contribution is -0.144. The van der Waals surface area contributed by atoms with Crippen molar-refractivity contribution in [3.63, 3.8) is 0 Å². The van der Waals surface area contributed by atoms with Crippen LogP contribution in [-0.2, 0) is 22.2 Å². The molecule has 1 N–H and O–H groups in total. The highest BCUT2D eigenvalue weighted by Crippen LogP contribution is 2.32. The molecule has 0 aliphatic heterocycles. The van der Waals surface area contributed by atoms with E-state index in [9.17, 15) is 22.8 Å². The van der Waals surface area contributed by atoms with Crippen molar-refractivity contribution in [2.75, 3.05) is 13.1 Å². The molecule has 4 nitrogen and oxygen atoms in total. The number of carboxylic acid groups (broad SMARTS) is 1. The molecule has 110 valence electrons. The van der Waals surface area contributed by atoms with E-state index in [-0.39, 0.29) is 12.1 Å². The third-order valence-corrected chi connectivity index (χ3v) is 2.72. The molecule has 0 aliphatic rings. The van der Waals surface area contributed by atoms with Crippen LogP contribution in [0.3, 0.4) is 0 Å². The lowest BCUT2D eigenvalue weighted by Gasteiger charge is -2.20. The molecule has 0 atom stereocenters. The summed E-state index contributed by atoms with van der Waals surface area (Å²) in [5.41, 5.74) is -1.03. The summed E-state index contributed by atoms with van der Waals surface area (Å²) in [4.78, 5) is 23.4. The van der Waals surface area contributed by atoms with Gasteiger partial charge in [-0.2, -0.15) is 13.2 Å². The number of halogens is 3. The summed E-state index contributed by atoms with van der Waals surface area (Å²) in [6, 6.07) is 4.77. The van der Waals surface area contributed by atoms with Gasteiger partial charge in [-0.15, -0.1) is 0 Å². The molecule has 0 radical (unpaired) electrons. The maximum atomic E-state index is 12.8. The van der Waals surface area contributed by atoms with Crippen LogP contribution in [0.5, 0.6) is 0 Å². The van der Waals surface area contributed by atoms with Crippen molar-refractivity contribution in [1.82, 2.24) is 4.90 Å². The van der Waals surface area contributed by atoms with Crippen molar-refractivity contribution >= 4 is 11.9 Å². The molecule has 1 aromatic carbocycles. The minimum Gasteiger partial charge on any atom is -0.480 e. The number of benzene rings is 1. The summed E-state index contributed by atoms with van der Waals surface area (Å²) in [6.45, 7) is 1.17. The summed E-state index contributed by atoms with van der Waals surface area (Å²) in [5, 5.41) is 8.64. The van der Waals surface area contributed by atoms with Crippen molar-refractivity contribution in [1.29, 1.82) is 0 Å². The fourth-order valence-corrected chi connectivity index (χ4v) is 1.77. The molecule has 0 unspecified atom stereocenters. The van der Waals surface area contributed by atoms with Crippen LogP contribution in [0.2, 0.25) is 0 Å². The zero-order valence-electron chi connectivity index (χ0n) is 10.8. The van der Waals surface area contributed by atoms with Gasteiger partial charge in [0.1, 0.15) is 6.54 Å². The Balaban J connectivity index is 2.93. The molecule has 0 fully saturated rings. The third kappa shape index (κ3) is 4.25. The third-order valence-electron chi connectivity index (χ3n) is 2.72. The SMILES string of the molecule is CCN(CC(=O)O)C(=O)Cc1ccccc1C(F)(F)F. The van der Waals surface area contributed by atoms with Gasteiger partial charge in [0.05, 0.1) is 12.0 Å². The number of hydrogen-bond acceptors (Lipinski definition) is 2. The van der Waals surface area contributed by atoms with Gasteiger partial charge in [0.2, 0.25) is 5.91 Å². The largest absolute Gasteiger partial charge is 0.480 e. The minimum atomic E-state index is -4.54. The Kier molecular flexibility index (Phi) is 5.12. The Labute approximate surface area is 113 Å². The van der Waals surface area contributed by atoms with Crippen molar-refractivity contribution in [3.8, 4) is 0 Å². The summed E-state index contributed by atoms with van der Waals surface area (Å²) >= 11 is 0. The van der Waals surface area contributed by atoms with Crippen molar-refractivity contribution in [2.24, 2.45) is 0 Å². The molecule has 0 heterocycles. The van der Waals surface area contributed by atoms with Gasteiger partial charge in [0.25, 0.3) is 0 Å². The molecule has 7 heteroatoms. The Morgan fingerprint density at radius 3 is 2.35 bits per heavy atom. The molecule has 20 heavy (non-hydrogen) atoms. The Morgan fingerprint density at radius 2 is 1.85 bits per heavy atom. The van der Waals surface area contributed by atoms with Crippen molar-refractivity contribution in [3.05, 3.63) is 35.4 Å². The minimum absolute atomic E-state index is 0.124. The Hall–Kier alpha value is -2.05. The summed E-state index contributed by atoms with van der Waals surface area (Å²) in [6.07, 6.45) is -5.02. The van der Waals surface area contributed by atoms with Gasteiger partial charge in [-0.05, 0) is 18.6 Å². The number of nitrogens with zero attached hydrogens (tertiary/aromatic N) is 1. The van der Waals surface area contributed by atoms with Gasteiger partial charge in [0.15, 0.2) is 0 Å². The van der Waals surface area contributed by atoms with Gasteiger partial charge >= 0.3 is 12.1 Å². The van der Waals surface area contributed by atoms with Crippen LogP contribution < -0.4 is 0 Å².